The van der Waals surface area contributed by atoms with E-state index in [4.69, 9.17) is 14.3 Å². The van der Waals surface area contributed by atoms with Crippen LogP contribution in [0.15, 0.2) is 0 Å². The van der Waals surface area contributed by atoms with Crippen LogP contribution in [0.1, 0.15) is 13.8 Å². The van der Waals surface area contributed by atoms with Crippen LogP contribution < -0.4 is 5.48 Å². The molecule has 0 aromatic heterocycles. The Balaban J connectivity index is 2.73. The number of hydrogen-bond donors (Lipinski definition) is 1. The number of rotatable bonds is 9. The molecule has 0 radical (unpaired) electrons. The maximum atomic E-state index is 5.09. The van der Waals surface area contributed by atoms with E-state index in [0.717, 1.165) is 19.8 Å². The fraction of sp³-hybridized carbons (Fsp3) is 1.00. The second-order valence-electron chi connectivity index (χ2n) is 2.14. The molecule has 1 N–H and O–H groups in total. The minimum Gasteiger partial charge on any atom is -0.380 e. The van der Waals surface area contributed by atoms with Gasteiger partial charge in [-0.2, -0.15) is 0 Å². The third-order valence-electron chi connectivity index (χ3n) is 1.19. The van der Waals surface area contributed by atoms with Crippen molar-refractivity contribution in [1.29, 1.82) is 0 Å². The lowest BCUT2D eigenvalue weighted by molar-refractivity contribution is -0.0119. The van der Waals surface area contributed by atoms with Gasteiger partial charge in [-0.1, -0.05) is 0 Å². The molecule has 0 amide bonds. The number of hydrogen-bond acceptors (Lipinski definition) is 4. The lowest BCUT2D eigenvalue weighted by Crippen LogP contribution is -2.22. The third-order valence-corrected chi connectivity index (χ3v) is 1.19. The maximum Gasteiger partial charge on any atom is 0.0916 e. The van der Waals surface area contributed by atoms with Gasteiger partial charge in [-0.3, -0.25) is 4.84 Å². The summed E-state index contributed by atoms with van der Waals surface area (Å²) in [5.41, 5.74) is 2.77. The van der Waals surface area contributed by atoms with Gasteiger partial charge < -0.3 is 9.47 Å². The van der Waals surface area contributed by atoms with Crippen molar-refractivity contribution < 1.29 is 14.3 Å². The first-order valence-electron chi connectivity index (χ1n) is 4.42. The van der Waals surface area contributed by atoms with Gasteiger partial charge in [0.2, 0.25) is 0 Å². The normalized spacial score (nSPS) is 10.5. The van der Waals surface area contributed by atoms with E-state index in [1.165, 1.54) is 0 Å². The first-order valence-corrected chi connectivity index (χ1v) is 4.42. The molecule has 0 spiro atoms. The van der Waals surface area contributed by atoms with Crippen molar-refractivity contribution in [3.05, 3.63) is 0 Å². The number of ether oxygens (including phenoxy) is 2. The second-order valence-corrected chi connectivity index (χ2v) is 2.14. The highest BCUT2D eigenvalue weighted by molar-refractivity contribution is 4.31. The van der Waals surface area contributed by atoms with E-state index < -0.39 is 0 Å². The summed E-state index contributed by atoms with van der Waals surface area (Å²) in [7, 11) is 0. The molecule has 4 nitrogen and oxygen atoms in total. The predicted molar refractivity (Wildman–Crippen MR) is 46.9 cm³/mol. The molecule has 0 saturated heterocycles. The van der Waals surface area contributed by atoms with Crippen LogP contribution in [0.2, 0.25) is 0 Å². The Kier molecular flexibility index (Phi) is 10.7. The zero-order valence-corrected chi connectivity index (χ0v) is 7.97. The zero-order chi connectivity index (χ0) is 9.07. The molecular formula is C8H19NO3. The van der Waals surface area contributed by atoms with Crippen LogP contribution in [0, 0.1) is 0 Å². The van der Waals surface area contributed by atoms with Crippen molar-refractivity contribution in [3.8, 4) is 0 Å². The summed E-state index contributed by atoms with van der Waals surface area (Å²) >= 11 is 0. The fourth-order valence-corrected chi connectivity index (χ4v) is 0.647. The van der Waals surface area contributed by atoms with Crippen molar-refractivity contribution in [2.45, 2.75) is 13.8 Å². The van der Waals surface area contributed by atoms with E-state index in [2.05, 4.69) is 5.48 Å². The van der Waals surface area contributed by atoms with E-state index in [-0.39, 0.29) is 0 Å². The Labute approximate surface area is 74.1 Å². The lowest BCUT2D eigenvalue weighted by atomic mass is 10.7. The monoisotopic (exact) mass is 177 g/mol. The lowest BCUT2D eigenvalue weighted by Gasteiger charge is -2.05. The van der Waals surface area contributed by atoms with Crippen molar-refractivity contribution in [3.63, 3.8) is 0 Å². The topological polar surface area (TPSA) is 39.7 Å². The Morgan fingerprint density at radius 3 is 2.25 bits per heavy atom. The van der Waals surface area contributed by atoms with Crippen LogP contribution in [0.3, 0.4) is 0 Å². The van der Waals surface area contributed by atoms with Crippen molar-refractivity contribution >= 4 is 0 Å². The van der Waals surface area contributed by atoms with Crippen LogP contribution >= 0.6 is 0 Å². The van der Waals surface area contributed by atoms with Crippen molar-refractivity contribution in [2.24, 2.45) is 0 Å². The summed E-state index contributed by atoms with van der Waals surface area (Å²) in [4.78, 5) is 5.03. The second kappa shape index (κ2) is 10.8. The average Bonchev–Trinajstić information content (AvgIpc) is 2.10. The average molecular weight is 177 g/mol. The van der Waals surface area contributed by atoms with Gasteiger partial charge in [0, 0.05) is 19.8 Å². The Morgan fingerprint density at radius 2 is 1.58 bits per heavy atom. The first kappa shape index (κ1) is 11.8. The Bertz CT molecular complexity index is 70.7. The summed E-state index contributed by atoms with van der Waals surface area (Å²) in [6.07, 6.45) is 0. The van der Waals surface area contributed by atoms with Gasteiger partial charge >= 0.3 is 0 Å². The molecule has 0 aliphatic heterocycles. The minimum absolute atomic E-state index is 0.583. The highest BCUT2D eigenvalue weighted by atomic mass is 16.7. The summed E-state index contributed by atoms with van der Waals surface area (Å²) in [6, 6.07) is 0. The molecule has 0 heterocycles. The standard InChI is InChI=1S/C8H19NO3/c1-3-10-6-5-9-12-8-7-11-4-2/h9H,3-8H2,1-2H3. The van der Waals surface area contributed by atoms with E-state index in [1.807, 2.05) is 13.8 Å². The molecular weight excluding hydrogens is 158 g/mol. The molecule has 0 fully saturated rings. The molecule has 0 aromatic rings. The van der Waals surface area contributed by atoms with Gasteiger partial charge in [0.05, 0.1) is 19.8 Å². The summed E-state index contributed by atoms with van der Waals surface area (Å²) in [5, 5.41) is 0. The smallest absolute Gasteiger partial charge is 0.0916 e. The van der Waals surface area contributed by atoms with Crippen LogP contribution in [0.4, 0.5) is 0 Å². The third kappa shape index (κ3) is 9.84. The van der Waals surface area contributed by atoms with Crippen LogP contribution in [-0.4, -0.2) is 39.6 Å². The van der Waals surface area contributed by atoms with Crippen LogP contribution in [0.5, 0.6) is 0 Å². The quantitative estimate of drug-likeness (QED) is 0.413. The summed E-state index contributed by atoms with van der Waals surface area (Å²) in [5.74, 6) is 0. The van der Waals surface area contributed by atoms with E-state index in [0.29, 0.717) is 19.8 Å². The van der Waals surface area contributed by atoms with E-state index in [1.54, 1.807) is 0 Å². The minimum atomic E-state index is 0.583. The Hall–Kier alpha value is -0.160. The zero-order valence-electron chi connectivity index (χ0n) is 7.97. The van der Waals surface area contributed by atoms with Gasteiger partial charge in [-0.15, -0.1) is 0 Å². The van der Waals surface area contributed by atoms with Gasteiger partial charge in [0.1, 0.15) is 0 Å². The van der Waals surface area contributed by atoms with Crippen LogP contribution in [0.25, 0.3) is 0 Å². The Morgan fingerprint density at radius 1 is 0.917 bits per heavy atom. The number of hydroxylamine groups is 1. The molecule has 0 atom stereocenters. The van der Waals surface area contributed by atoms with Gasteiger partial charge in [0.15, 0.2) is 0 Å². The molecule has 12 heavy (non-hydrogen) atoms. The van der Waals surface area contributed by atoms with Crippen molar-refractivity contribution in [2.75, 3.05) is 39.6 Å². The largest absolute Gasteiger partial charge is 0.380 e. The van der Waals surface area contributed by atoms with E-state index in [9.17, 15) is 0 Å². The summed E-state index contributed by atoms with van der Waals surface area (Å²) in [6.45, 7) is 8.05. The van der Waals surface area contributed by atoms with Gasteiger partial charge in [0.25, 0.3) is 0 Å². The van der Waals surface area contributed by atoms with Gasteiger partial charge in [-0.25, -0.2) is 5.48 Å². The number of nitrogens with one attached hydrogen (secondary N) is 1. The predicted octanol–water partition coefficient (Wildman–Crippen LogP) is 0.581. The molecule has 0 rings (SSSR count). The van der Waals surface area contributed by atoms with Crippen LogP contribution in [-0.2, 0) is 14.3 Å². The summed E-state index contributed by atoms with van der Waals surface area (Å²) < 4.78 is 10.2. The molecule has 0 bridgehead atoms. The molecule has 0 saturated carbocycles. The van der Waals surface area contributed by atoms with E-state index >= 15 is 0 Å². The molecule has 4 heteroatoms. The van der Waals surface area contributed by atoms with Crippen molar-refractivity contribution in [1.82, 2.24) is 5.48 Å². The maximum absolute atomic E-state index is 5.09. The highest BCUT2D eigenvalue weighted by Crippen LogP contribution is 1.75. The molecule has 0 aliphatic rings. The highest BCUT2D eigenvalue weighted by Gasteiger charge is 1.87. The molecule has 0 unspecified atom stereocenters. The van der Waals surface area contributed by atoms with Gasteiger partial charge in [-0.05, 0) is 13.8 Å². The molecule has 0 aliphatic carbocycles. The first-order chi connectivity index (χ1) is 5.91. The SMILES string of the molecule is CCOCCNOCCOCC. The fourth-order valence-electron chi connectivity index (χ4n) is 0.647. The molecule has 0 aromatic carbocycles. The molecule has 74 valence electrons.